The van der Waals surface area contributed by atoms with E-state index in [1.807, 2.05) is 6.07 Å². The molecular formula is C12H15F3N2O. The second-order valence-corrected chi connectivity index (χ2v) is 3.90. The van der Waals surface area contributed by atoms with Crippen molar-refractivity contribution in [2.75, 3.05) is 25.5 Å². The van der Waals surface area contributed by atoms with Crippen molar-refractivity contribution in [2.45, 2.75) is 12.6 Å². The quantitative estimate of drug-likeness (QED) is 0.882. The number of likely N-dealkylation sites (N-methyl/N-ethyl adjacent to an activating group) is 1. The van der Waals surface area contributed by atoms with E-state index in [0.29, 0.717) is 0 Å². The first-order valence-corrected chi connectivity index (χ1v) is 5.48. The SMILES string of the molecule is CN(CCC(F)(F)F)C(=O)CNc1ccccc1. The van der Waals surface area contributed by atoms with Gasteiger partial charge in [-0.2, -0.15) is 13.2 Å². The van der Waals surface area contributed by atoms with Crippen LogP contribution < -0.4 is 5.32 Å². The third-order valence-electron chi connectivity index (χ3n) is 2.37. The van der Waals surface area contributed by atoms with Gasteiger partial charge in [0, 0.05) is 19.3 Å². The van der Waals surface area contributed by atoms with Crippen LogP contribution in [0.15, 0.2) is 30.3 Å². The van der Waals surface area contributed by atoms with Crippen molar-refractivity contribution in [1.29, 1.82) is 0 Å². The predicted molar refractivity (Wildman–Crippen MR) is 63.2 cm³/mol. The molecule has 1 N–H and O–H groups in total. The lowest BCUT2D eigenvalue weighted by Crippen LogP contribution is -2.34. The van der Waals surface area contributed by atoms with Gasteiger partial charge in [0.05, 0.1) is 13.0 Å². The predicted octanol–water partition coefficient (Wildman–Crippen LogP) is 2.51. The average Bonchev–Trinajstić information content (AvgIpc) is 2.33. The number of nitrogens with zero attached hydrogens (tertiary/aromatic N) is 1. The third-order valence-corrected chi connectivity index (χ3v) is 2.37. The van der Waals surface area contributed by atoms with Crippen molar-refractivity contribution in [3.8, 4) is 0 Å². The number of rotatable bonds is 5. The summed E-state index contributed by atoms with van der Waals surface area (Å²) in [6.45, 7) is -0.336. The van der Waals surface area contributed by atoms with Gasteiger partial charge in [-0.05, 0) is 12.1 Å². The molecule has 100 valence electrons. The van der Waals surface area contributed by atoms with E-state index in [1.54, 1.807) is 24.3 Å². The van der Waals surface area contributed by atoms with Gasteiger partial charge in [-0.25, -0.2) is 0 Å². The zero-order valence-electron chi connectivity index (χ0n) is 10.00. The van der Waals surface area contributed by atoms with Crippen LogP contribution in [0.2, 0.25) is 0 Å². The maximum Gasteiger partial charge on any atom is 0.390 e. The van der Waals surface area contributed by atoms with Crippen LogP contribution in [0.3, 0.4) is 0 Å². The van der Waals surface area contributed by atoms with E-state index in [1.165, 1.54) is 7.05 Å². The molecule has 6 heteroatoms. The van der Waals surface area contributed by atoms with Crippen LogP contribution in [-0.2, 0) is 4.79 Å². The van der Waals surface area contributed by atoms with Crippen LogP contribution in [0.4, 0.5) is 18.9 Å². The van der Waals surface area contributed by atoms with Crippen molar-refractivity contribution in [3.05, 3.63) is 30.3 Å². The molecule has 1 amide bonds. The third kappa shape index (κ3) is 5.56. The first-order valence-electron chi connectivity index (χ1n) is 5.48. The standard InChI is InChI=1S/C12H15F3N2O/c1-17(8-7-12(13,14)15)11(18)9-16-10-5-3-2-4-6-10/h2-6,16H,7-9H2,1H3. The molecule has 0 aliphatic rings. The molecule has 3 nitrogen and oxygen atoms in total. The molecule has 0 heterocycles. The fraction of sp³-hybridized carbons (Fsp3) is 0.417. The fourth-order valence-electron chi connectivity index (χ4n) is 1.29. The molecule has 1 aromatic rings. The monoisotopic (exact) mass is 260 g/mol. The lowest BCUT2D eigenvalue weighted by Gasteiger charge is -2.18. The molecule has 0 saturated carbocycles. The zero-order valence-corrected chi connectivity index (χ0v) is 10.00. The van der Waals surface area contributed by atoms with Crippen LogP contribution in [-0.4, -0.2) is 37.1 Å². The maximum atomic E-state index is 12.0. The molecule has 1 rings (SSSR count). The number of alkyl halides is 3. The molecule has 0 atom stereocenters. The molecule has 1 aromatic carbocycles. The highest BCUT2D eigenvalue weighted by Gasteiger charge is 2.27. The largest absolute Gasteiger partial charge is 0.390 e. The molecule has 0 aliphatic carbocycles. The Hall–Kier alpha value is -1.72. The van der Waals surface area contributed by atoms with Crippen molar-refractivity contribution < 1.29 is 18.0 Å². The van der Waals surface area contributed by atoms with Crippen molar-refractivity contribution in [3.63, 3.8) is 0 Å². The Morgan fingerprint density at radius 3 is 2.44 bits per heavy atom. The van der Waals surface area contributed by atoms with Crippen molar-refractivity contribution in [1.82, 2.24) is 4.90 Å². The minimum Gasteiger partial charge on any atom is -0.376 e. The second kappa shape index (κ2) is 6.28. The molecule has 0 aliphatic heterocycles. The van der Waals surface area contributed by atoms with E-state index in [4.69, 9.17) is 0 Å². The number of nitrogens with one attached hydrogen (secondary N) is 1. The number of carbonyl (C=O) groups excluding carboxylic acids is 1. The molecule has 0 saturated heterocycles. The van der Waals surface area contributed by atoms with Gasteiger partial charge in [-0.15, -0.1) is 0 Å². The van der Waals surface area contributed by atoms with Gasteiger partial charge in [0.2, 0.25) is 5.91 Å². The lowest BCUT2D eigenvalue weighted by molar-refractivity contribution is -0.143. The number of hydrogen-bond donors (Lipinski definition) is 1. The van der Waals surface area contributed by atoms with E-state index in [-0.39, 0.29) is 19.0 Å². The number of anilines is 1. The molecule has 0 radical (unpaired) electrons. The summed E-state index contributed by atoms with van der Waals surface area (Å²) in [6.07, 6.45) is -5.22. The molecule has 0 spiro atoms. The lowest BCUT2D eigenvalue weighted by atomic mass is 10.3. The normalized spacial score (nSPS) is 11.1. The second-order valence-electron chi connectivity index (χ2n) is 3.90. The highest BCUT2D eigenvalue weighted by molar-refractivity contribution is 5.80. The summed E-state index contributed by atoms with van der Waals surface area (Å²) < 4.78 is 35.9. The Balaban J connectivity index is 2.32. The smallest absolute Gasteiger partial charge is 0.376 e. The van der Waals surface area contributed by atoms with Crippen LogP contribution in [0, 0.1) is 0 Å². The Bertz CT molecular complexity index is 379. The molecule has 0 unspecified atom stereocenters. The summed E-state index contributed by atoms with van der Waals surface area (Å²) >= 11 is 0. The van der Waals surface area contributed by atoms with Gasteiger partial charge in [0.25, 0.3) is 0 Å². The van der Waals surface area contributed by atoms with E-state index < -0.39 is 12.6 Å². The van der Waals surface area contributed by atoms with Gasteiger partial charge in [0.1, 0.15) is 0 Å². The molecule has 0 fully saturated rings. The number of amides is 1. The minimum absolute atomic E-state index is 0.0155. The topological polar surface area (TPSA) is 32.3 Å². The van der Waals surface area contributed by atoms with Gasteiger partial charge >= 0.3 is 6.18 Å². The molecule has 18 heavy (non-hydrogen) atoms. The molecular weight excluding hydrogens is 245 g/mol. The summed E-state index contributed by atoms with van der Waals surface area (Å²) in [6, 6.07) is 9.01. The Labute approximate surface area is 104 Å². The fourth-order valence-corrected chi connectivity index (χ4v) is 1.29. The Morgan fingerprint density at radius 2 is 1.89 bits per heavy atom. The van der Waals surface area contributed by atoms with Gasteiger partial charge in [-0.3, -0.25) is 4.79 Å². The summed E-state index contributed by atoms with van der Waals surface area (Å²) in [5.74, 6) is -0.372. The van der Waals surface area contributed by atoms with E-state index in [0.717, 1.165) is 10.6 Å². The number of para-hydroxylation sites is 1. The average molecular weight is 260 g/mol. The summed E-state index contributed by atoms with van der Waals surface area (Å²) in [4.78, 5) is 12.6. The summed E-state index contributed by atoms with van der Waals surface area (Å²) in [5, 5.41) is 2.85. The van der Waals surface area contributed by atoms with Gasteiger partial charge < -0.3 is 10.2 Å². The highest BCUT2D eigenvalue weighted by atomic mass is 19.4. The van der Waals surface area contributed by atoms with Crippen molar-refractivity contribution in [2.24, 2.45) is 0 Å². The molecule has 0 aromatic heterocycles. The number of carbonyl (C=O) groups is 1. The first kappa shape index (κ1) is 14.3. The Morgan fingerprint density at radius 1 is 1.28 bits per heavy atom. The highest BCUT2D eigenvalue weighted by Crippen LogP contribution is 2.19. The van der Waals surface area contributed by atoms with Gasteiger partial charge in [-0.1, -0.05) is 18.2 Å². The van der Waals surface area contributed by atoms with Crippen LogP contribution >= 0.6 is 0 Å². The van der Waals surface area contributed by atoms with Crippen molar-refractivity contribution >= 4 is 11.6 Å². The van der Waals surface area contributed by atoms with Crippen LogP contribution in [0.1, 0.15) is 6.42 Å². The Kier molecular flexibility index (Phi) is 5.00. The van der Waals surface area contributed by atoms with Gasteiger partial charge in [0.15, 0.2) is 0 Å². The van der Waals surface area contributed by atoms with E-state index in [9.17, 15) is 18.0 Å². The number of hydrogen-bond acceptors (Lipinski definition) is 2. The van der Waals surface area contributed by atoms with E-state index >= 15 is 0 Å². The summed E-state index contributed by atoms with van der Waals surface area (Å²) in [5.41, 5.74) is 0.759. The first-order chi connectivity index (χ1) is 8.38. The molecule has 0 bridgehead atoms. The number of benzene rings is 1. The van der Waals surface area contributed by atoms with Crippen LogP contribution in [0.25, 0.3) is 0 Å². The van der Waals surface area contributed by atoms with E-state index in [2.05, 4.69) is 5.32 Å². The zero-order chi connectivity index (χ0) is 13.6. The minimum atomic E-state index is -4.23. The summed E-state index contributed by atoms with van der Waals surface area (Å²) in [7, 11) is 1.36. The maximum absolute atomic E-state index is 12.0. The number of halogens is 3. The van der Waals surface area contributed by atoms with Crippen LogP contribution in [0.5, 0.6) is 0 Å².